The minimum Gasteiger partial charge on any atom is -0.391 e. The van der Waals surface area contributed by atoms with Crippen LogP contribution in [0.4, 0.5) is 4.39 Å². The van der Waals surface area contributed by atoms with E-state index in [1.165, 1.54) is 31.4 Å². The first kappa shape index (κ1) is 10.1. The summed E-state index contributed by atoms with van der Waals surface area (Å²) in [6, 6.07) is 6.37. The molecule has 2 nitrogen and oxygen atoms in total. The molecule has 80 valence electrons. The molecule has 3 heteroatoms. The Morgan fingerprint density at radius 1 is 1.47 bits per heavy atom. The predicted octanol–water partition coefficient (Wildman–Crippen LogP) is 3.13. The first-order valence-electron chi connectivity index (χ1n) is 5.24. The van der Waals surface area contributed by atoms with Gasteiger partial charge in [-0.1, -0.05) is 23.7 Å². The van der Waals surface area contributed by atoms with Crippen LogP contribution in [0.3, 0.4) is 0 Å². The molecule has 0 spiro atoms. The summed E-state index contributed by atoms with van der Waals surface area (Å²) >= 11 is 0. The van der Waals surface area contributed by atoms with Crippen molar-refractivity contribution in [2.24, 2.45) is 11.1 Å². The lowest BCUT2D eigenvalue weighted by atomic mass is 9.87. The molecule has 1 aromatic carbocycles. The van der Waals surface area contributed by atoms with Crippen molar-refractivity contribution in [3.63, 3.8) is 0 Å². The van der Waals surface area contributed by atoms with Crippen LogP contribution in [-0.2, 0) is 11.4 Å². The van der Waals surface area contributed by atoms with Crippen LogP contribution in [0.2, 0.25) is 0 Å². The van der Waals surface area contributed by atoms with Gasteiger partial charge in [0.15, 0.2) is 0 Å². The highest BCUT2D eigenvalue weighted by Gasteiger charge is 2.14. The molecule has 2 rings (SSSR count). The molecule has 0 saturated heterocycles. The van der Waals surface area contributed by atoms with Gasteiger partial charge in [0.05, 0.1) is 0 Å². The molecule has 1 saturated carbocycles. The molecule has 1 aliphatic rings. The van der Waals surface area contributed by atoms with Crippen LogP contribution in [0.15, 0.2) is 29.4 Å². The van der Waals surface area contributed by atoms with E-state index in [-0.39, 0.29) is 5.82 Å². The van der Waals surface area contributed by atoms with Gasteiger partial charge in [-0.05, 0) is 36.5 Å². The summed E-state index contributed by atoms with van der Waals surface area (Å²) in [5.74, 6) is 0.358. The molecule has 0 aromatic heterocycles. The number of halogens is 1. The molecular weight excluding hydrogens is 193 g/mol. The van der Waals surface area contributed by atoms with Gasteiger partial charge in [0.25, 0.3) is 0 Å². The number of rotatable bonds is 4. The highest BCUT2D eigenvalue weighted by molar-refractivity contribution is 5.60. The maximum Gasteiger partial charge on any atom is 0.142 e. The van der Waals surface area contributed by atoms with Crippen molar-refractivity contribution in [1.82, 2.24) is 0 Å². The Balaban J connectivity index is 1.75. The lowest BCUT2D eigenvalue weighted by Gasteiger charge is -2.19. The minimum absolute atomic E-state index is 0.237. The van der Waals surface area contributed by atoms with E-state index in [1.54, 1.807) is 6.07 Å². The van der Waals surface area contributed by atoms with E-state index in [2.05, 4.69) is 5.16 Å². The summed E-state index contributed by atoms with van der Waals surface area (Å²) in [6.45, 7) is 0.334. The van der Waals surface area contributed by atoms with Crippen molar-refractivity contribution >= 4 is 6.21 Å². The maximum atomic E-state index is 12.8. The first-order chi connectivity index (χ1) is 7.34. The molecule has 0 aliphatic heterocycles. The summed E-state index contributed by atoms with van der Waals surface area (Å²) < 4.78 is 12.8. The van der Waals surface area contributed by atoms with E-state index in [4.69, 9.17) is 4.84 Å². The maximum absolute atomic E-state index is 12.8. The Hall–Kier alpha value is -1.38. The molecule has 1 aliphatic carbocycles. The quantitative estimate of drug-likeness (QED) is 0.549. The van der Waals surface area contributed by atoms with Crippen LogP contribution in [-0.4, -0.2) is 6.21 Å². The van der Waals surface area contributed by atoms with E-state index in [1.807, 2.05) is 12.3 Å². The number of benzene rings is 1. The van der Waals surface area contributed by atoms with Gasteiger partial charge in [0, 0.05) is 6.21 Å². The highest BCUT2D eigenvalue weighted by Crippen LogP contribution is 2.24. The van der Waals surface area contributed by atoms with Gasteiger partial charge in [-0.3, -0.25) is 0 Å². The van der Waals surface area contributed by atoms with Gasteiger partial charge < -0.3 is 4.84 Å². The van der Waals surface area contributed by atoms with Crippen molar-refractivity contribution in [2.75, 3.05) is 0 Å². The fraction of sp³-hybridized carbons (Fsp3) is 0.417. The van der Waals surface area contributed by atoms with Gasteiger partial charge in [0.1, 0.15) is 12.4 Å². The van der Waals surface area contributed by atoms with Crippen molar-refractivity contribution in [3.8, 4) is 0 Å². The molecule has 1 aromatic rings. The van der Waals surface area contributed by atoms with E-state index < -0.39 is 0 Å². The molecule has 0 radical (unpaired) electrons. The topological polar surface area (TPSA) is 21.6 Å². The molecule has 0 N–H and O–H groups in total. The third kappa shape index (κ3) is 3.05. The van der Waals surface area contributed by atoms with Gasteiger partial charge in [-0.2, -0.15) is 0 Å². The normalized spacial score (nSPS) is 16.6. The largest absolute Gasteiger partial charge is 0.391 e. The number of nitrogens with zero attached hydrogens (tertiary/aromatic N) is 1. The van der Waals surface area contributed by atoms with Gasteiger partial charge in [-0.15, -0.1) is 0 Å². The smallest absolute Gasteiger partial charge is 0.142 e. The van der Waals surface area contributed by atoms with Crippen molar-refractivity contribution in [3.05, 3.63) is 35.6 Å². The van der Waals surface area contributed by atoms with Gasteiger partial charge in [-0.25, -0.2) is 4.39 Å². The average molecular weight is 207 g/mol. The molecule has 15 heavy (non-hydrogen) atoms. The Kier molecular flexibility index (Phi) is 3.33. The second-order valence-electron chi connectivity index (χ2n) is 3.85. The monoisotopic (exact) mass is 207 g/mol. The zero-order valence-electron chi connectivity index (χ0n) is 8.53. The zero-order valence-corrected chi connectivity index (χ0v) is 8.53. The second kappa shape index (κ2) is 4.91. The number of oxime groups is 1. The van der Waals surface area contributed by atoms with Crippen LogP contribution in [0.1, 0.15) is 24.8 Å². The zero-order chi connectivity index (χ0) is 10.5. The summed E-state index contributed by atoms with van der Waals surface area (Å²) in [5, 5.41) is 3.87. The molecule has 0 bridgehead atoms. The van der Waals surface area contributed by atoms with Crippen LogP contribution in [0.25, 0.3) is 0 Å². The predicted molar refractivity (Wildman–Crippen MR) is 57.0 cm³/mol. The molecule has 0 atom stereocenters. The Morgan fingerprint density at radius 3 is 3.00 bits per heavy atom. The second-order valence-corrected chi connectivity index (χ2v) is 3.85. The number of hydrogen-bond acceptors (Lipinski definition) is 2. The van der Waals surface area contributed by atoms with Crippen LogP contribution < -0.4 is 0 Å². The standard InChI is InChI=1S/C12H14FNO/c13-12-6-2-5-11(7-12)9-15-14-8-10-3-1-4-10/h2,5-8,10H,1,3-4,9H2. The average Bonchev–Trinajstić information content (AvgIpc) is 2.15. The molecule has 0 unspecified atom stereocenters. The summed E-state index contributed by atoms with van der Waals surface area (Å²) in [6.07, 6.45) is 5.57. The van der Waals surface area contributed by atoms with Gasteiger partial charge in [0.2, 0.25) is 0 Å². The van der Waals surface area contributed by atoms with Crippen LogP contribution >= 0.6 is 0 Å². The van der Waals surface area contributed by atoms with E-state index in [9.17, 15) is 4.39 Å². The Morgan fingerprint density at radius 2 is 2.33 bits per heavy atom. The van der Waals surface area contributed by atoms with Crippen molar-refractivity contribution < 1.29 is 9.23 Å². The van der Waals surface area contributed by atoms with Crippen molar-refractivity contribution in [2.45, 2.75) is 25.9 Å². The molecule has 0 heterocycles. The van der Waals surface area contributed by atoms with Crippen molar-refractivity contribution in [1.29, 1.82) is 0 Å². The van der Waals surface area contributed by atoms with E-state index >= 15 is 0 Å². The molecule has 0 amide bonds. The summed E-state index contributed by atoms with van der Waals surface area (Å²) in [7, 11) is 0. The molecular formula is C12H14FNO. The van der Waals surface area contributed by atoms with E-state index in [0.29, 0.717) is 12.5 Å². The Bertz CT molecular complexity index is 347. The summed E-state index contributed by atoms with van der Waals surface area (Å²) in [5.41, 5.74) is 0.806. The highest BCUT2D eigenvalue weighted by atomic mass is 19.1. The molecule has 1 fully saturated rings. The SMILES string of the molecule is Fc1cccc(CON=CC2CCC2)c1. The van der Waals surface area contributed by atoms with Gasteiger partial charge >= 0.3 is 0 Å². The third-order valence-corrected chi connectivity index (χ3v) is 2.62. The first-order valence-corrected chi connectivity index (χ1v) is 5.24. The fourth-order valence-corrected chi connectivity index (χ4v) is 1.46. The number of hydrogen-bond donors (Lipinski definition) is 0. The minimum atomic E-state index is -0.237. The lowest BCUT2D eigenvalue weighted by molar-refractivity contribution is 0.129. The van der Waals surface area contributed by atoms with E-state index in [0.717, 1.165) is 5.56 Å². The van der Waals surface area contributed by atoms with Crippen LogP contribution in [0, 0.1) is 11.7 Å². The summed E-state index contributed by atoms with van der Waals surface area (Å²) in [4.78, 5) is 5.08. The van der Waals surface area contributed by atoms with Crippen LogP contribution in [0.5, 0.6) is 0 Å². The lowest BCUT2D eigenvalue weighted by Crippen LogP contribution is -2.11. The Labute approximate surface area is 88.7 Å². The third-order valence-electron chi connectivity index (χ3n) is 2.62. The fourth-order valence-electron chi connectivity index (χ4n) is 1.46.